The van der Waals surface area contributed by atoms with Crippen molar-refractivity contribution in [1.82, 2.24) is 5.32 Å². The fourth-order valence-corrected chi connectivity index (χ4v) is 2.02. The first-order valence-electron chi connectivity index (χ1n) is 7.26. The van der Waals surface area contributed by atoms with Crippen LogP contribution >= 0.6 is 11.6 Å². The quantitative estimate of drug-likeness (QED) is 0.694. The first-order valence-corrected chi connectivity index (χ1v) is 7.63. The average Bonchev–Trinajstić information content (AvgIpc) is 2.48. The highest BCUT2D eigenvalue weighted by Gasteiger charge is 2.35. The van der Waals surface area contributed by atoms with Gasteiger partial charge in [0.2, 0.25) is 5.91 Å². The molecule has 1 atom stereocenters. The van der Waals surface area contributed by atoms with Gasteiger partial charge in [-0.05, 0) is 25.1 Å². The third-order valence-electron chi connectivity index (χ3n) is 3.30. The summed E-state index contributed by atoms with van der Waals surface area (Å²) in [5, 5.41) is 14.5. The van der Waals surface area contributed by atoms with Gasteiger partial charge in [-0.25, -0.2) is 4.79 Å². The zero-order chi connectivity index (χ0) is 18.5. The van der Waals surface area contributed by atoms with Gasteiger partial charge in [0, 0.05) is 18.7 Å². The van der Waals surface area contributed by atoms with Gasteiger partial charge in [-0.3, -0.25) is 9.59 Å². The summed E-state index contributed by atoms with van der Waals surface area (Å²) in [4.78, 5) is 35.5. The lowest BCUT2D eigenvalue weighted by atomic mass is 10.0. The molecule has 3 N–H and O–H groups in total. The number of halogens is 1. The second kappa shape index (κ2) is 8.12. The first-order chi connectivity index (χ1) is 11.1. The van der Waals surface area contributed by atoms with Crippen molar-refractivity contribution >= 4 is 35.1 Å². The number of carbonyl (C=O) groups excluding carboxylic acids is 2. The Kier molecular flexibility index (Phi) is 6.74. The molecule has 1 aromatic carbocycles. The molecule has 132 valence electrons. The van der Waals surface area contributed by atoms with Crippen LogP contribution in [0.15, 0.2) is 18.2 Å². The molecule has 0 spiro atoms. The predicted octanol–water partition coefficient (Wildman–Crippen LogP) is 2.15. The highest BCUT2D eigenvalue weighted by Crippen LogP contribution is 2.22. The Labute approximate surface area is 145 Å². The highest BCUT2D eigenvalue weighted by molar-refractivity contribution is 6.34. The van der Waals surface area contributed by atoms with E-state index in [1.165, 1.54) is 26.2 Å². The minimum atomic E-state index is -1.60. The molecular weight excluding hydrogens is 336 g/mol. The van der Waals surface area contributed by atoms with Crippen molar-refractivity contribution in [3.63, 3.8) is 0 Å². The average molecular weight is 357 g/mol. The van der Waals surface area contributed by atoms with E-state index in [9.17, 15) is 19.5 Å². The lowest BCUT2D eigenvalue weighted by Crippen LogP contribution is -2.55. The maximum absolute atomic E-state index is 12.4. The van der Waals surface area contributed by atoms with Gasteiger partial charge in [-0.15, -0.1) is 0 Å². The molecule has 0 fully saturated rings. The zero-order valence-electron chi connectivity index (χ0n) is 14.0. The van der Waals surface area contributed by atoms with E-state index in [-0.39, 0.29) is 29.0 Å². The fourth-order valence-electron chi connectivity index (χ4n) is 1.82. The lowest BCUT2D eigenvalue weighted by molar-refractivity contribution is -0.145. The second-order valence-electron chi connectivity index (χ2n) is 5.86. The van der Waals surface area contributed by atoms with Gasteiger partial charge in [0.05, 0.1) is 17.2 Å². The fraction of sp³-hybridized carbons (Fsp3) is 0.438. The van der Waals surface area contributed by atoms with Gasteiger partial charge < -0.3 is 20.5 Å². The van der Waals surface area contributed by atoms with E-state index in [1.54, 1.807) is 19.9 Å². The first kappa shape index (κ1) is 19.9. The van der Waals surface area contributed by atoms with Crippen molar-refractivity contribution in [3.05, 3.63) is 28.8 Å². The third-order valence-corrected chi connectivity index (χ3v) is 3.63. The van der Waals surface area contributed by atoms with Crippen molar-refractivity contribution < 1.29 is 24.2 Å². The molecule has 2 amide bonds. The molecule has 8 heteroatoms. The van der Waals surface area contributed by atoms with Crippen molar-refractivity contribution in [2.24, 2.45) is 5.92 Å². The number of carbonyl (C=O) groups is 3. The van der Waals surface area contributed by atoms with Crippen LogP contribution in [0.4, 0.5) is 5.69 Å². The molecule has 0 bridgehead atoms. The molecule has 0 heterocycles. The van der Waals surface area contributed by atoms with Crippen molar-refractivity contribution in [2.75, 3.05) is 19.0 Å². The molecule has 1 rings (SSSR count). The SMILES string of the molecule is COCC(C)(NC(=O)c1cc(NC(=O)C(C)C)ccc1Cl)C(=O)O. The van der Waals surface area contributed by atoms with Gasteiger partial charge in [-0.2, -0.15) is 0 Å². The van der Waals surface area contributed by atoms with Crippen LogP contribution in [-0.4, -0.2) is 42.1 Å². The number of hydrogen-bond donors (Lipinski definition) is 3. The molecule has 7 nitrogen and oxygen atoms in total. The van der Waals surface area contributed by atoms with Crippen LogP contribution in [0.3, 0.4) is 0 Å². The maximum atomic E-state index is 12.4. The van der Waals surface area contributed by atoms with Gasteiger partial charge in [0.1, 0.15) is 0 Å². The molecule has 1 aromatic rings. The van der Waals surface area contributed by atoms with Crippen molar-refractivity contribution in [2.45, 2.75) is 26.3 Å². The summed E-state index contributed by atoms with van der Waals surface area (Å²) in [6, 6.07) is 4.42. The van der Waals surface area contributed by atoms with E-state index >= 15 is 0 Å². The normalized spacial score (nSPS) is 13.2. The lowest BCUT2D eigenvalue weighted by Gasteiger charge is -2.25. The molecule has 0 aliphatic heterocycles. The molecule has 0 aliphatic rings. The van der Waals surface area contributed by atoms with Gasteiger partial charge in [0.15, 0.2) is 5.54 Å². The monoisotopic (exact) mass is 356 g/mol. The largest absolute Gasteiger partial charge is 0.479 e. The van der Waals surface area contributed by atoms with E-state index in [0.717, 1.165) is 0 Å². The maximum Gasteiger partial charge on any atom is 0.331 e. The van der Waals surface area contributed by atoms with Crippen molar-refractivity contribution in [3.8, 4) is 0 Å². The van der Waals surface area contributed by atoms with Gasteiger partial charge in [0.25, 0.3) is 5.91 Å². The van der Waals surface area contributed by atoms with Crippen LogP contribution in [0.5, 0.6) is 0 Å². The van der Waals surface area contributed by atoms with Crippen LogP contribution in [0.1, 0.15) is 31.1 Å². The van der Waals surface area contributed by atoms with Crippen LogP contribution in [-0.2, 0) is 14.3 Å². The van der Waals surface area contributed by atoms with Crippen molar-refractivity contribution in [1.29, 1.82) is 0 Å². The number of nitrogens with one attached hydrogen (secondary N) is 2. The number of anilines is 1. The number of amides is 2. The molecule has 1 unspecified atom stereocenters. The Morgan fingerprint density at radius 3 is 2.46 bits per heavy atom. The highest BCUT2D eigenvalue weighted by atomic mass is 35.5. The Morgan fingerprint density at radius 1 is 1.33 bits per heavy atom. The minimum Gasteiger partial charge on any atom is -0.479 e. The summed E-state index contributed by atoms with van der Waals surface area (Å²) in [7, 11) is 1.34. The van der Waals surface area contributed by atoms with Gasteiger partial charge in [-0.1, -0.05) is 25.4 Å². The number of hydrogen-bond acceptors (Lipinski definition) is 4. The Balaban J connectivity index is 3.05. The predicted molar refractivity (Wildman–Crippen MR) is 90.3 cm³/mol. The van der Waals surface area contributed by atoms with E-state index in [2.05, 4.69) is 10.6 Å². The van der Waals surface area contributed by atoms with Crippen LogP contribution in [0.2, 0.25) is 5.02 Å². The summed E-state index contributed by atoms with van der Waals surface area (Å²) in [6.45, 7) is 4.59. The Morgan fingerprint density at radius 2 is 1.96 bits per heavy atom. The molecule has 0 aliphatic carbocycles. The number of carboxylic acid groups (broad SMARTS) is 1. The summed E-state index contributed by atoms with van der Waals surface area (Å²) < 4.78 is 4.85. The standard InChI is InChI=1S/C16H21ClN2O5/c1-9(2)13(20)18-10-5-6-12(17)11(7-10)14(21)19-16(3,8-24-4)15(22)23/h5-7,9H,8H2,1-4H3,(H,18,20)(H,19,21)(H,22,23). The zero-order valence-corrected chi connectivity index (χ0v) is 14.7. The minimum absolute atomic E-state index is 0.0572. The summed E-state index contributed by atoms with van der Waals surface area (Å²) in [6.07, 6.45) is 0. The summed E-state index contributed by atoms with van der Waals surface area (Å²) in [5.74, 6) is -2.35. The van der Waals surface area contributed by atoms with E-state index < -0.39 is 17.4 Å². The van der Waals surface area contributed by atoms with Crippen LogP contribution < -0.4 is 10.6 Å². The van der Waals surface area contributed by atoms with E-state index in [4.69, 9.17) is 16.3 Å². The molecule has 24 heavy (non-hydrogen) atoms. The molecule has 0 aromatic heterocycles. The molecular formula is C16H21ClN2O5. The van der Waals surface area contributed by atoms with E-state index in [0.29, 0.717) is 5.69 Å². The molecule has 0 saturated heterocycles. The Hall–Kier alpha value is -2.12. The number of rotatable bonds is 7. The third kappa shape index (κ3) is 4.94. The number of methoxy groups -OCH3 is 1. The second-order valence-corrected chi connectivity index (χ2v) is 6.27. The van der Waals surface area contributed by atoms with Gasteiger partial charge >= 0.3 is 5.97 Å². The topological polar surface area (TPSA) is 105 Å². The molecule has 0 saturated carbocycles. The van der Waals surface area contributed by atoms with E-state index in [1.807, 2.05) is 0 Å². The summed E-state index contributed by atoms with van der Waals surface area (Å²) in [5.41, 5.74) is -1.15. The smallest absolute Gasteiger partial charge is 0.331 e. The van der Waals surface area contributed by atoms with Crippen LogP contribution in [0.25, 0.3) is 0 Å². The number of benzene rings is 1. The number of carboxylic acids is 1. The number of aliphatic carboxylic acids is 1. The number of ether oxygens (including phenoxy) is 1. The van der Waals surface area contributed by atoms with Crippen LogP contribution in [0, 0.1) is 5.92 Å². The Bertz CT molecular complexity index is 647. The molecule has 0 radical (unpaired) electrons. The summed E-state index contributed by atoms with van der Waals surface area (Å²) >= 11 is 6.02.